The van der Waals surface area contributed by atoms with Gasteiger partial charge >= 0.3 is 0 Å². The fourth-order valence-corrected chi connectivity index (χ4v) is 2.49. The fraction of sp³-hybridized carbons (Fsp3) is 0.467. The fourth-order valence-electron chi connectivity index (χ4n) is 2.49. The molecule has 1 aromatic carbocycles. The van der Waals surface area contributed by atoms with Crippen molar-refractivity contribution < 1.29 is 14.6 Å². The Morgan fingerprint density at radius 2 is 2.10 bits per heavy atom. The van der Waals surface area contributed by atoms with Crippen LogP contribution in [0.1, 0.15) is 33.1 Å². The third-order valence-corrected chi connectivity index (χ3v) is 3.76. The van der Waals surface area contributed by atoms with Crippen molar-refractivity contribution in [1.82, 2.24) is 0 Å². The number of fused-ring (bicyclic) bond motifs is 1. The van der Waals surface area contributed by atoms with Gasteiger partial charge < -0.3 is 14.7 Å². The summed E-state index contributed by atoms with van der Waals surface area (Å²) < 4.78 is 5.91. The maximum Gasteiger partial charge on any atom is 0.271 e. The lowest BCUT2D eigenvalue weighted by molar-refractivity contribution is -0.136. The first-order chi connectivity index (χ1) is 9.57. The highest BCUT2D eigenvalue weighted by Gasteiger charge is 2.45. The van der Waals surface area contributed by atoms with Crippen LogP contribution in [0.5, 0.6) is 11.5 Å². The second kappa shape index (κ2) is 5.41. The Balaban J connectivity index is 2.50. The summed E-state index contributed by atoms with van der Waals surface area (Å²) in [6.07, 6.45) is 1.36. The molecule has 1 heterocycles. The molecule has 0 spiro atoms. The Labute approximate surface area is 118 Å². The molecule has 0 unspecified atom stereocenters. The molecule has 0 aromatic heterocycles. The number of phenolic OH excluding ortho intramolecular Hbond substituents is 1. The lowest BCUT2D eigenvalue weighted by Gasteiger charge is -2.41. The van der Waals surface area contributed by atoms with Gasteiger partial charge in [0.25, 0.3) is 5.91 Å². The number of ether oxygens (including phenoxy) is 1. The Morgan fingerprint density at radius 1 is 1.40 bits per heavy atom. The molecule has 0 saturated carbocycles. The minimum Gasteiger partial charge on any atom is -0.508 e. The average Bonchev–Trinajstić information content (AvgIpc) is 2.46. The summed E-state index contributed by atoms with van der Waals surface area (Å²) in [6.45, 7) is 4.13. The second-order valence-corrected chi connectivity index (χ2v) is 4.82. The third-order valence-electron chi connectivity index (χ3n) is 3.76. The van der Waals surface area contributed by atoms with Crippen molar-refractivity contribution >= 4 is 11.6 Å². The molecule has 1 N–H and O–H groups in total. The van der Waals surface area contributed by atoms with Gasteiger partial charge in [0.2, 0.25) is 0 Å². The van der Waals surface area contributed by atoms with Crippen LogP contribution in [0.3, 0.4) is 0 Å². The van der Waals surface area contributed by atoms with Crippen LogP contribution >= 0.6 is 0 Å². The summed E-state index contributed by atoms with van der Waals surface area (Å²) in [5, 5.41) is 18.4. The number of anilines is 1. The zero-order valence-corrected chi connectivity index (χ0v) is 11.7. The summed E-state index contributed by atoms with van der Waals surface area (Å²) in [6, 6.07) is 6.75. The number of hydrogen-bond acceptors (Lipinski definition) is 4. The molecule has 0 aliphatic carbocycles. The van der Waals surface area contributed by atoms with E-state index in [4.69, 9.17) is 10.00 Å². The molecule has 106 valence electrons. The molecular formula is C15H18N2O3. The highest BCUT2D eigenvalue weighted by molar-refractivity contribution is 6.03. The predicted molar refractivity (Wildman–Crippen MR) is 74.6 cm³/mol. The van der Waals surface area contributed by atoms with Crippen molar-refractivity contribution in [3.05, 3.63) is 18.2 Å². The maximum atomic E-state index is 12.7. The van der Waals surface area contributed by atoms with Crippen LogP contribution in [0.15, 0.2) is 18.2 Å². The maximum absolute atomic E-state index is 12.7. The first-order valence-electron chi connectivity index (χ1n) is 6.79. The lowest BCUT2D eigenvalue weighted by atomic mass is 9.92. The average molecular weight is 274 g/mol. The zero-order valence-electron chi connectivity index (χ0n) is 11.7. The van der Waals surface area contributed by atoms with Crippen LogP contribution in [0.25, 0.3) is 0 Å². The zero-order chi connectivity index (χ0) is 14.8. The van der Waals surface area contributed by atoms with Crippen LogP contribution in [-0.2, 0) is 4.79 Å². The van der Waals surface area contributed by atoms with Crippen molar-refractivity contribution in [1.29, 1.82) is 5.26 Å². The number of amides is 1. The molecule has 1 aliphatic heterocycles. The Kier molecular flexibility index (Phi) is 3.84. The first kappa shape index (κ1) is 14.2. The lowest BCUT2D eigenvalue weighted by Crippen LogP contribution is -2.55. The van der Waals surface area contributed by atoms with Crippen LogP contribution in [0.2, 0.25) is 0 Å². The Bertz CT molecular complexity index is 559. The molecule has 1 aliphatic rings. The number of nitrogens with zero attached hydrogens (tertiary/aromatic N) is 2. The van der Waals surface area contributed by atoms with Crippen molar-refractivity contribution in [3.63, 3.8) is 0 Å². The van der Waals surface area contributed by atoms with Gasteiger partial charge in [-0.15, -0.1) is 0 Å². The van der Waals surface area contributed by atoms with E-state index in [9.17, 15) is 9.90 Å². The second-order valence-electron chi connectivity index (χ2n) is 4.82. The SMILES string of the molecule is CCC1(CC)Oc2ccc(O)cc2N(CCC#N)C1=O. The third kappa shape index (κ3) is 2.18. The van der Waals surface area contributed by atoms with Crippen molar-refractivity contribution in [2.24, 2.45) is 0 Å². The van der Waals surface area contributed by atoms with E-state index in [1.807, 2.05) is 19.9 Å². The summed E-state index contributed by atoms with van der Waals surface area (Å²) >= 11 is 0. The van der Waals surface area contributed by atoms with Gasteiger partial charge in [0.05, 0.1) is 18.2 Å². The quantitative estimate of drug-likeness (QED) is 0.915. The van der Waals surface area contributed by atoms with Crippen molar-refractivity contribution in [2.45, 2.75) is 38.7 Å². The summed E-state index contributed by atoms with van der Waals surface area (Å²) in [4.78, 5) is 14.2. The van der Waals surface area contributed by atoms with Gasteiger partial charge in [0, 0.05) is 12.6 Å². The van der Waals surface area contributed by atoms with Crippen LogP contribution in [0.4, 0.5) is 5.69 Å². The Hall–Kier alpha value is -2.22. The predicted octanol–water partition coefficient (Wildman–Crippen LogP) is 2.59. The minimum atomic E-state index is -0.876. The number of rotatable bonds is 4. The summed E-state index contributed by atoms with van der Waals surface area (Å²) in [7, 11) is 0. The molecule has 0 saturated heterocycles. The summed E-state index contributed by atoms with van der Waals surface area (Å²) in [5.74, 6) is 0.502. The van der Waals surface area contributed by atoms with Gasteiger partial charge in [-0.3, -0.25) is 4.79 Å². The van der Waals surface area contributed by atoms with E-state index in [0.29, 0.717) is 30.8 Å². The van der Waals surface area contributed by atoms with E-state index in [2.05, 4.69) is 0 Å². The van der Waals surface area contributed by atoms with Crippen LogP contribution in [-0.4, -0.2) is 23.2 Å². The molecule has 20 heavy (non-hydrogen) atoms. The van der Waals surface area contributed by atoms with Gasteiger partial charge in [0.1, 0.15) is 11.5 Å². The molecule has 0 radical (unpaired) electrons. The molecule has 0 fully saturated rings. The van der Waals surface area contributed by atoms with Crippen LogP contribution in [0, 0.1) is 11.3 Å². The number of carbonyl (C=O) groups is 1. The van der Waals surface area contributed by atoms with E-state index >= 15 is 0 Å². The van der Waals surface area contributed by atoms with Crippen molar-refractivity contribution in [3.8, 4) is 17.6 Å². The minimum absolute atomic E-state index is 0.0719. The molecule has 2 rings (SSSR count). The number of phenols is 1. The molecule has 0 atom stereocenters. The number of aromatic hydroxyl groups is 1. The molecular weight excluding hydrogens is 256 g/mol. The van der Waals surface area contributed by atoms with Gasteiger partial charge in [-0.1, -0.05) is 13.8 Å². The highest BCUT2D eigenvalue weighted by Crippen LogP contribution is 2.42. The van der Waals surface area contributed by atoms with E-state index in [1.54, 1.807) is 11.0 Å². The molecule has 1 amide bonds. The van der Waals surface area contributed by atoms with E-state index < -0.39 is 5.60 Å². The van der Waals surface area contributed by atoms with Gasteiger partial charge in [0.15, 0.2) is 5.60 Å². The van der Waals surface area contributed by atoms with Gasteiger partial charge in [-0.2, -0.15) is 5.26 Å². The molecule has 0 bridgehead atoms. The van der Waals surface area contributed by atoms with Crippen molar-refractivity contribution in [2.75, 3.05) is 11.4 Å². The highest BCUT2D eigenvalue weighted by atomic mass is 16.5. The van der Waals surface area contributed by atoms with Gasteiger partial charge in [-0.25, -0.2) is 0 Å². The standard InChI is InChI=1S/C15H18N2O3/c1-3-15(4-2)14(19)17(9-5-8-16)12-10-11(18)6-7-13(12)20-15/h6-7,10,18H,3-5,9H2,1-2H3. The topological polar surface area (TPSA) is 73.6 Å². The van der Waals surface area contributed by atoms with Gasteiger partial charge in [-0.05, 0) is 25.0 Å². The summed E-state index contributed by atoms with van der Waals surface area (Å²) in [5.41, 5.74) is -0.345. The monoisotopic (exact) mass is 274 g/mol. The molecule has 5 nitrogen and oxygen atoms in total. The van der Waals surface area contributed by atoms with E-state index in [0.717, 1.165) is 0 Å². The van der Waals surface area contributed by atoms with E-state index in [1.165, 1.54) is 12.1 Å². The number of hydrogen-bond donors (Lipinski definition) is 1. The largest absolute Gasteiger partial charge is 0.508 e. The number of carbonyl (C=O) groups excluding carboxylic acids is 1. The number of nitriles is 1. The molecule has 5 heteroatoms. The Morgan fingerprint density at radius 3 is 2.70 bits per heavy atom. The first-order valence-corrected chi connectivity index (χ1v) is 6.79. The smallest absolute Gasteiger partial charge is 0.271 e. The molecule has 1 aromatic rings. The number of benzene rings is 1. The van der Waals surface area contributed by atoms with E-state index in [-0.39, 0.29) is 18.1 Å². The normalized spacial score (nSPS) is 16.2. The van der Waals surface area contributed by atoms with Crippen LogP contribution < -0.4 is 9.64 Å².